The number of benzene rings is 1. The van der Waals surface area contributed by atoms with Gasteiger partial charge in [0.15, 0.2) is 11.5 Å². The van der Waals surface area contributed by atoms with Crippen LogP contribution in [0.2, 0.25) is 5.02 Å². The van der Waals surface area contributed by atoms with Crippen molar-refractivity contribution in [2.75, 3.05) is 20.3 Å². The van der Waals surface area contributed by atoms with Crippen molar-refractivity contribution < 1.29 is 14.3 Å². The fourth-order valence-corrected chi connectivity index (χ4v) is 2.58. The van der Waals surface area contributed by atoms with E-state index in [0.29, 0.717) is 41.2 Å². The van der Waals surface area contributed by atoms with Gasteiger partial charge in [-0.2, -0.15) is 0 Å². The maximum Gasteiger partial charge on any atom is 0.251 e. The normalized spacial score (nSPS) is 15.1. The van der Waals surface area contributed by atoms with Gasteiger partial charge in [0.05, 0.1) is 18.7 Å². The summed E-state index contributed by atoms with van der Waals surface area (Å²) < 4.78 is 11.0. The summed E-state index contributed by atoms with van der Waals surface area (Å²) in [6, 6.07) is 3.27. The van der Waals surface area contributed by atoms with Gasteiger partial charge in [0, 0.05) is 18.2 Å². The standard InChI is InChI=1S/C17H25ClN2O3/c1-3-4-7-23-16-13(18)8-12(9-15(16)22-2)17(21)20-10-14(19)11-5-6-11/h8-9,11,14H,3-7,10,19H2,1-2H3,(H,20,21). The molecule has 2 rings (SSSR count). The van der Waals surface area contributed by atoms with E-state index >= 15 is 0 Å². The molecule has 0 spiro atoms. The third kappa shape index (κ3) is 5.01. The molecule has 23 heavy (non-hydrogen) atoms. The van der Waals surface area contributed by atoms with Crippen LogP contribution in [0.5, 0.6) is 11.5 Å². The summed E-state index contributed by atoms with van der Waals surface area (Å²) in [4.78, 5) is 12.3. The predicted octanol–water partition coefficient (Wildman–Crippen LogP) is 2.99. The van der Waals surface area contributed by atoms with Gasteiger partial charge in [-0.1, -0.05) is 24.9 Å². The molecule has 1 amide bonds. The summed E-state index contributed by atoms with van der Waals surface area (Å²) >= 11 is 6.25. The second-order valence-electron chi connectivity index (χ2n) is 5.90. The zero-order chi connectivity index (χ0) is 16.8. The fraction of sp³-hybridized carbons (Fsp3) is 0.588. The highest BCUT2D eigenvalue weighted by atomic mass is 35.5. The van der Waals surface area contributed by atoms with Crippen molar-refractivity contribution in [1.29, 1.82) is 0 Å². The minimum absolute atomic E-state index is 0.0213. The maximum atomic E-state index is 12.3. The molecule has 1 aromatic rings. The quantitative estimate of drug-likeness (QED) is 0.678. The zero-order valence-corrected chi connectivity index (χ0v) is 14.5. The Bertz CT molecular complexity index is 547. The molecule has 5 nitrogen and oxygen atoms in total. The molecule has 1 saturated carbocycles. The van der Waals surface area contributed by atoms with Crippen LogP contribution in [0.3, 0.4) is 0 Å². The number of rotatable bonds is 9. The number of halogens is 1. The smallest absolute Gasteiger partial charge is 0.251 e. The molecule has 1 aliphatic carbocycles. The van der Waals surface area contributed by atoms with E-state index < -0.39 is 0 Å². The van der Waals surface area contributed by atoms with Crippen molar-refractivity contribution in [3.63, 3.8) is 0 Å². The van der Waals surface area contributed by atoms with Gasteiger partial charge in [-0.25, -0.2) is 0 Å². The van der Waals surface area contributed by atoms with Crippen LogP contribution in [-0.4, -0.2) is 32.2 Å². The predicted molar refractivity (Wildman–Crippen MR) is 91.4 cm³/mol. The number of unbranched alkanes of at least 4 members (excludes halogenated alkanes) is 1. The Morgan fingerprint density at radius 3 is 2.83 bits per heavy atom. The molecule has 1 fully saturated rings. The topological polar surface area (TPSA) is 73.6 Å². The van der Waals surface area contributed by atoms with Gasteiger partial charge in [-0.3, -0.25) is 4.79 Å². The van der Waals surface area contributed by atoms with Crippen molar-refractivity contribution in [3.8, 4) is 11.5 Å². The summed E-state index contributed by atoms with van der Waals surface area (Å²) in [5.74, 6) is 1.28. The summed E-state index contributed by atoms with van der Waals surface area (Å²) in [6.07, 6.45) is 4.27. The Labute approximate surface area is 142 Å². The van der Waals surface area contributed by atoms with Gasteiger partial charge in [-0.05, 0) is 37.3 Å². The van der Waals surface area contributed by atoms with Crippen LogP contribution in [0, 0.1) is 5.92 Å². The first-order valence-electron chi connectivity index (χ1n) is 8.11. The van der Waals surface area contributed by atoms with Gasteiger partial charge in [0.2, 0.25) is 0 Å². The second-order valence-corrected chi connectivity index (χ2v) is 6.31. The lowest BCUT2D eigenvalue weighted by Gasteiger charge is -2.15. The number of hydrogen-bond acceptors (Lipinski definition) is 4. The van der Waals surface area contributed by atoms with Gasteiger partial charge in [-0.15, -0.1) is 0 Å². The SMILES string of the molecule is CCCCOc1c(Cl)cc(C(=O)NCC(N)C2CC2)cc1OC. The van der Waals surface area contributed by atoms with Gasteiger partial charge < -0.3 is 20.5 Å². The number of nitrogens with one attached hydrogen (secondary N) is 1. The number of nitrogens with two attached hydrogens (primary N) is 1. The van der Waals surface area contributed by atoms with Gasteiger partial charge in [0.25, 0.3) is 5.91 Å². The number of hydrogen-bond donors (Lipinski definition) is 2. The molecule has 6 heteroatoms. The first-order chi connectivity index (χ1) is 11.1. The highest BCUT2D eigenvalue weighted by molar-refractivity contribution is 6.32. The molecule has 128 valence electrons. The first kappa shape index (κ1) is 17.9. The van der Waals surface area contributed by atoms with Crippen molar-refractivity contribution in [2.24, 2.45) is 11.7 Å². The molecule has 3 N–H and O–H groups in total. The van der Waals surface area contributed by atoms with Crippen molar-refractivity contribution in [2.45, 2.75) is 38.6 Å². The Morgan fingerprint density at radius 2 is 2.22 bits per heavy atom. The van der Waals surface area contributed by atoms with E-state index in [4.69, 9.17) is 26.8 Å². The third-order valence-corrected chi connectivity index (χ3v) is 4.24. The third-order valence-electron chi connectivity index (χ3n) is 3.96. The van der Waals surface area contributed by atoms with Crippen LogP contribution < -0.4 is 20.5 Å². The van der Waals surface area contributed by atoms with Crippen molar-refractivity contribution in [3.05, 3.63) is 22.7 Å². The van der Waals surface area contributed by atoms with E-state index in [2.05, 4.69) is 12.2 Å². The molecule has 0 saturated heterocycles. The molecule has 0 heterocycles. The van der Waals surface area contributed by atoms with Crippen LogP contribution in [0.1, 0.15) is 43.0 Å². The maximum absolute atomic E-state index is 12.3. The van der Waals surface area contributed by atoms with E-state index in [-0.39, 0.29) is 11.9 Å². The highest BCUT2D eigenvalue weighted by Gasteiger charge is 2.28. The van der Waals surface area contributed by atoms with Crippen LogP contribution in [-0.2, 0) is 0 Å². The molecular formula is C17H25ClN2O3. The van der Waals surface area contributed by atoms with E-state index in [1.807, 2.05) is 0 Å². The van der Waals surface area contributed by atoms with Crippen molar-refractivity contribution in [1.82, 2.24) is 5.32 Å². The van der Waals surface area contributed by atoms with Gasteiger partial charge >= 0.3 is 0 Å². The molecule has 0 radical (unpaired) electrons. The Kier molecular flexibility index (Phi) is 6.54. The molecule has 1 atom stereocenters. The fourth-order valence-electron chi connectivity index (χ4n) is 2.31. The van der Waals surface area contributed by atoms with Crippen LogP contribution >= 0.6 is 11.6 Å². The molecular weight excluding hydrogens is 316 g/mol. The molecule has 0 aromatic heterocycles. The largest absolute Gasteiger partial charge is 0.493 e. The summed E-state index contributed by atoms with van der Waals surface area (Å²) in [6.45, 7) is 3.12. The van der Waals surface area contributed by atoms with E-state index in [1.165, 1.54) is 7.11 Å². The van der Waals surface area contributed by atoms with Crippen LogP contribution in [0.4, 0.5) is 0 Å². The minimum atomic E-state index is -0.207. The molecule has 0 bridgehead atoms. The first-order valence-corrected chi connectivity index (χ1v) is 8.48. The highest BCUT2D eigenvalue weighted by Crippen LogP contribution is 2.36. The molecule has 1 unspecified atom stereocenters. The van der Waals surface area contributed by atoms with Crippen LogP contribution in [0.15, 0.2) is 12.1 Å². The summed E-state index contributed by atoms with van der Waals surface area (Å²) in [5, 5.41) is 3.22. The Morgan fingerprint density at radius 1 is 1.48 bits per heavy atom. The number of methoxy groups -OCH3 is 1. The lowest BCUT2D eigenvalue weighted by atomic mass is 10.1. The van der Waals surface area contributed by atoms with E-state index in [1.54, 1.807) is 12.1 Å². The monoisotopic (exact) mass is 340 g/mol. The number of carbonyl (C=O) groups excluding carboxylic acids is 1. The summed E-state index contributed by atoms with van der Waals surface area (Å²) in [5.41, 5.74) is 6.44. The van der Waals surface area contributed by atoms with E-state index in [9.17, 15) is 4.79 Å². The summed E-state index contributed by atoms with van der Waals surface area (Å²) in [7, 11) is 1.53. The Hall–Kier alpha value is -1.46. The van der Waals surface area contributed by atoms with Crippen LogP contribution in [0.25, 0.3) is 0 Å². The van der Waals surface area contributed by atoms with E-state index in [0.717, 1.165) is 25.7 Å². The molecule has 0 aliphatic heterocycles. The molecule has 1 aliphatic rings. The molecule has 1 aromatic carbocycles. The van der Waals surface area contributed by atoms with Crippen molar-refractivity contribution >= 4 is 17.5 Å². The second kappa shape index (κ2) is 8.41. The van der Waals surface area contributed by atoms with Gasteiger partial charge in [0.1, 0.15) is 0 Å². The number of carbonyl (C=O) groups is 1. The number of ether oxygens (including phenoxy) is 2. The lowest BCUT2D eigenvalue weighted by Crippen LogP contribution is -2.38. The Balaban J connectivity index is 2.03. The lowest BCUT2D eigenvalue weighted by molar-refractivity contribution is 0.0950. The zero-order valence-electron chi connectivity index (χ0n) is 13.7. The minimum Gasteiger partial charge on any atom is -0.493 e. The average molecular weight is 341 g/mol. The number of amides is 1. The average Bonchev–Trinajstić information content (AvgIpc) is 3.38.